The molecule has 0 amide bonds. The molecule has 25 heavy (non-hydrogen) atoms. The second-order valence-electron chi connectivity index (χ2n) is 5.49. The summed E-state index contributed by atoms with van der Waals surface area (Å²) in [7, 11) is 4.56. The molecule has 4 aromatic rings. The van der Waals surface area contributed by atoms with Crippen LogP contribution in [-0.4, -0.2) is 41.5 Å². The molecule has 0 saturated carbocycles. The fraction of sp³-hybridized carbons (Fsp3) is 0.222. The van der Waals surface area contributed by atoms with E-state index in [1.54, 1.807) is 0 Å². The largest absolute Gasteiger partial charge is 0.327 e. The van der Waals surface area contributed by atoms with Gasteiger partial charge in [-0.3, -0.25) is 0 Å². The van der Waals surface area contributed by atoms with Crippen molar-refractivity contribution in [1.82, 2.24) is 20.2 Å². The third-order valence-corrected chi connectivity index (χ3v) is 4.22. The molecule has 0 N–H and O–H groups in total. The van der Waals surface area contributed by atoms with E-state index in [9.17, 15) is 0 Å². The average molecular weight is 336 g/mol. The Morgan fingerprint density at radius 1 is 0.760 bits per heavy atom. The molecule has 2 aromatic heterocycles. The molecule has 0 unspecified atom stereocenters. The van der Waals surface area contributed by atoms with Gasteiger partial charge in [-0.05, 0) is 30.3 Å². The highest BCUT2D eigenvalue weighted by Crippen LogP contribution is 2.31. The van der Waals surface area contributed by atoms with E-state index >= 15 is 0 Å². The van der Waals surface area contributed by atoms with E-state index in [0.29, 0.717) is 22.2 Å². The summed E-state index contributed by atoms with van der Waals surface area (Å²) < 4.78 is 16.3. The molecule has 7 nitrogen and oxygen atoms in total. The van der Waals surface area contributed by atoms with Gasteiger partial charge in [-0.15, -0.1) is 10.2 Å². The first kappa shape index (κ1) is 15.8. The van der Waals surface area contributed by atoms with Gasteiger partial charge in [0.15, 0.2) is 0 Å². The molecule has 0 radical (unpaired) electrons. The summed E-state index contributed by atoms with van der Waals surface area (Å²) in [5.74, 6) is -1.30. The Balaban J connectivity index is 2.05. The first-order valence-electron chi connectivity index (χ1n) is 7.69. The monoisotopic (exact) mass is 336 g/mol. The minimum absolute atomic E-state index is 0.487. The summed E-state index contributed by atoms with van der Waals surface area (Å²) in [5.41, 5.74) is 4.13. The van der Waals surface area contributed by atoms with Gasteiger partial charge in [0, 0.05) is 32.3 Å². The zero-order valence-corrected chi connectivity index (χ0v) is 14.1. The number of ether oxygens (including phenoxy) is 3. The van der Waals surface area contributed by atoms with E-state index in [1.807, 2.05) is 42.5 Å². The Bertz CT molecular complexity index is 1070. The molecule has 126 valence electrons. The highest BCUT2D eigenvalue weighted by atomic mass is 16.9. The van der Waals surface area contributed by atoms with Gasteiger partial charge in [0.1, 0.15) is 5.52 Å². The molecule has 0 aliphatic carbocycles. The van der Waals surface area contributed by atoms with E-state index in [4.69, 9.17) is 19.2 Å². The molecule has 2 aromatic carbocycles. The lowest BCUT2D eigenvalue weighted by molar-refractivity contribution is -0.364. The smallest absolute Gasteiger partial charge is 0.311 e. The third kappa shape index (κ3) is 2.41. The molecular formula is C18H16N4O3. The molecule has 4 rings (SSSR count). The van der Waals surface area contributed by atoms with Crippen LogP contribution in [0.2, 0.25) is 0 Å². The maximum atomic E-state index is 5.44. The first-order chi connectivity index (χ1) is 12.2. The highest BCUT2D eigenvalue weighted by molar-refractivity contribution is 6.02. The Kier molecular flexibility index (Phi) is 3.76. The Labute approximate surface area is 143 Å². The molecule has 0 fully saturated rings. The van der Waals surface area contributed by atoms with Crippen molar-refractivity contribution < 1.29 is 14.2 Å². The second-order valence-corrected chi connectivity index (χ2v) is 5.49. The van der Waals surface area contributed by atoms with E-state index in [2.05, 4.69) is 15.2 Å². The standard InChI is InChI=1S/C18H16N4O3/c1-23-18(24-2,25-3)11-8-9-13-12(10-11)16-17(22-21-13)20-15-7-5-4-6-14(15)19-16/h4-10H,1-3H3. The molecule has 0 saturated heterocycles. The Morgan fingerprint density at radius 3 is 2.12 bits per heavy atom. The van der Waals surface area contributed by atoms with Gasteiger partial charge in [0.2, 0.25) is 5.65 Å². The van der Waals surface area contributed by atoms with Gasteiger partial charge in [-0.2, -0.15) is 0 Å². The number of rotatable bonds is 4. The number of nitrogens with zero attached hydrogens (tertiary/aromatic N) is 4. The number of aromatic nitrogens is 4. The molecular weight excluding hydrogens is 320 g/mol. The van der Waals surface area contributed by atoms with Crippen LogP contribution >= 0.6 is 0 Å². The topological polar surface area (TPSA) is 79.2 Å². The van der Waals surface area contributed by atoms with Gasteiger partial charge in [0.05, 0.1) is 16.6 Å². The fourth-order valence-electron chi connectivity index (χ4n) is 2.95. The van der Waals surface area contributed by atoms with Gasteiger partial charge in [-0.25, -0.2) is 9.97 Å². The minimum Gasteiger partial charge on any atom is -0.327 e. The lowest BCUT2D eigenvalue weighted by atomic mass is 10.1. The Morgan fingerprint density at radius 2 is 1.44 bits per heavy atom. The summed E-state index contributed by atoms with van der Waals surface area (Å²) in [6.07, 6.45) is 0. The third-order valence-electron chi connectivity index (χ3n) is 4.22. The maximum absolute atomic E-state index is 5.44. The quantitative estimate of drug-likeness (QED) is 0.322. The summed E-state index contributed by atoms with van der Waals surface area (Å²) in [4.78, 5) is 9.27. The lowest BCUT2D eigenvalue weighted by Gasteiger charge is -2.29. The van der Waals surface area contributed by atoms with E-state index in [1.165, 1.54) is 21.3 Å². The van der Waals surface area contributed by atoms with Crippen molar-refractivity contribution >= 4 is 33.1 Å². The van der Waals surface area contributed by atoms with Crippen LogP contribution in [0.5, 0.6) is 0 Å². The van der Waals surface area contributed by atoms with Crippen molar-refractivity contribution in [3.05, 3.63) is 48.0 Å². The van der Waals surface area contributed by atoms with Crippen LogP contribution in [0.4, 0.5) is 0 Å². The van der Waals surface area contributed by atoms with Crippen LogP contribution in [0.1, 0.15) is 5.56 Å². The van der Waals surface area contributed by atoms with Gasteiger partial charge in [0.25, 0.3) is 0 Å². The summed E-state index contributed by atoms with van der Waals surface area (Å²) in [6.45, 7) is 0. The zero-order chi connectivity index (χ0) is 17.4. The number of hydrogen-bond donors (Lipinski definition) is 0. The number of fused-ring (bicyclic) bond motifs is 4. The molecule has 0 aliphatic heterocycles. The zero-order valence-electron chi connectivity index (χ0n) is 14.1. The van der Waals surface area contributed by atoms with Gasteiger partial charge < -0.3 is 14.2 Å². The molecule has 0 spiro atoms. The first-order valence-corrected chi connectivity index (χ1v) is 7.69. The highest BCUT2D eigenvalue weighted by Gasteiger charge is 2.32. The lowest BCUT2D eigenvalue weighted by Crippen LogP contribution is -2.32. The van der Waals surface area contributed by atoms with Gasteiger partial charge in [-0.1, -0.05) is 12.1 Å². The van der Waals surface area contributed by atoms with Crippen LogP contribution in [0.25, 0.3) is 33.1 Å². The normalized spacial score (nSPS) is 12.3. The van der Waals surface area contributed by atoms with E-state index in [0.717, 1.165) is 16.4 Å². The SMILES string of the molecule is COC(OC)(OC)c1ccc2nnc3nc4ccccc4nc3c2c1. The summed E-state index contributed by atoms with van der Waals surface area (Å²) >= 11 is 0. The van der Waals surface area contributed by atoms with Gasteiger partial charge >= 0.3 is 5.97 Å². The van der Waals surface area contributed by atoms with Crippen LogP contribution in [0.15, 0.2) is 42.5 Å². The number of hydrogen-bond acceptors (Lipinski definition) is 7. The number of para-hydroxylation sites is 2. The average Bonchev–Trinajstić information content (AvgIpc) is 2.68. The number of benzene rings is 2. The summed E-state index contributed by atoms with van der Waals surface area (Å²) in [5, 5.41) is 9.24. The van der Waals surface area contributed by atoms with E-state index in [-0.39, 0.29) is 0 Å². The number of methoxy groups -OCH3 is 3. The van der Waals surface area contributed by atoms with Crippen LogP contribution in [0, 0.1) is 0 Å². The fourth-order valence-corrected chi connectivity index (χ4v) is 2.95. The van der Waals surface area contributed by atoms with Crippen LogP contribution in [-0.2, 0) is 20.2 Å². The van der Waals surface area contributed by atoms with Crippen molar-refractivity contribution in [2.45, 2.75) is 5.97 Å². The van der Waals surface area contributed by atoms with Crippen molar-refractivity contribution in [1.29, 1.82) is 0 Å². The van der Waals surface area contributed by atoms with Crippen molar-refractivity contribution in [2.75, 3.05) is 21.3 Å². The predicted octanol–water partition coefficient (Wildman–Crippen LogP) is 2.78. The molecule has 0 atom stereocenters. The summed E-state index contributed by atoms with van der Waals surface area (Å²) in [6, 6.07) is 13.2. The molecule has 7 heteroatoms. The van der Waals surface area contributed by atoms with Crippen LogP contribution in [0.3, 0.4) is 0 Å². The predicted molar refractivity (Wildman–Crippen MR) is 92.8 cm³/mol. The second kappa shape index (κ2) is 5.96. The molecule has 0 aliphatic rings. The van der Waals surface area contributed by atoms with Crippen molar-refractivity contribution in [3.63, 3.8) is 0 Å². The maximum Gasteiger partial charge on any atom is 0.311 e. The van der Waals surface area contributed by atoms with Crippen molar-refractivity contribution in [3.8, 4) is 0 Å². The molecule has 2 heterocycles. The Hall–Kier alpha value is -2.74. The van der Waals surface area contributed by atoms with Crippen molar-refractivity contribution in [2.24, 2.45) is 0 Å². The molecule has 0 bridgehead atoms. The minimum atomic E-state index is -1.30. The van der Waals surface area contributed by atoms with Crippen LogP contribution < -0.4 is 0 Å². The van der Waals surface area contributed by atoms with E-state index < -0.39 is 5.97 Å².